The number of carbonyl (C=O) groups is 2. The number of hydrogen-bond donors (Lipinski definition) is 4. The molecule has 4 N–H and O–H groups in total. The molecule has 0 heterocycles. The van der Waals surface area contributed by atoms with Gasteiger partial charge in [0.1, 0.15) is 40.8 Å². The van der Waals surface area contributed by atoms with E-state index in [-0.39, 0.29) is 46.7 Å². The van der Waals surface area contributed by atoms with Crippen molar-refractivity contribution in [2.24, 2.45) is 0 Å². The van der Waals surface area contributed by atoms with E-state index >= 15 is 0 Å². The zero-order valence-electron chi connectivity index (χ0n) is 29.3. The minimum Gasteiger partial charge on any atom is -0.508 e. The van der Waals surface area contributed by atoms with Crippen LogP contribution in [0.4, 0.5) is 0 Å². The van der Waals surface area contributed by atoms with Gasteiger partial charge in [0.25, 0.3) is 0 Å². The van der Waals surface area contributed by atoms with Gasteiger partial charge in [0, 0.05) is 19.1 Å². The van der Waals surface area contributed by atoms with E-state index in [0.717, 1.165) is 96.0 Å². The molecule has 0 fully saturated rings. The molecule has 0 aliphatic rings. The molecule has 0 aromatic heterocycles. The first-order valence-electron chi connectivity index (χ1n) is 17.7. The lowest BCUT2D eigenvalue weighted by atomic mass is 9.98. The zero-order chi connectivity index (χ0) is 36.2. The van der Waals surface area contributed by atoms with E-state index in [1.807, 2.05) is 6.92 Å². The van der Waals surface area contributed by atoms with E-state index in [1.54, 1.807) is 0 Å². The van der Waals surface area contributed by atoms with Crippen LogP contribution in [0.15, 0.2) is 30.3 Å². The van der Waals surface area contributed by atoms with E-state index < -0.39 is 16.4 Å². The van der Waals surface area contributed by atoms with Crippen LogP contribution in [0.3, 0.4) is 0 Å². The Balaban J connectivity index is 1.79. The maximum atomic E-state index is 13.3. The second-order valence-corrected chi connectivity index (χ2v) is 13.8. The van der Waals surface area contributed by atoms with Gasteiger partial charge in [-0.15, -0.1) is 0 Å². The summed E-state index contributed by atoms with van der Waals surface area (Å²) in [6.07, 6.45) is 14.8. The van der Waals surface area contributed by atoms with Crippen molar-refractivity contribution in [3.8, 4) is 23.0 Å². The Morgan fingerprint density at radius 3 is 1.78 bits per heavy atom. The Hall–Kier alpha value is -3.51. The van der Waals surface area contributed by atoms with Gasteiger partial charge in [0.15, 0.2) is 0 Å². The first-order valence-corrected chi connectivity index (χ1v) is 19.1. The number of rotatable bonds is 25. The molecule has 2 aromatic rings. The average molecular weight is 709 g/mol. The van der Waals surface area contributed by atoms with Crippen molar-refractivity contribution < 1.29 is 51.5 Å². The molecule has 2 rings (SSSR count). The smallest absolute Gasteiger partial charge is 0.446 e. The van der Waals surface area contributed by atoms with Crippen molar-refractivity contribution in [1.29, 1.82) is 0 Å². The van der Waals surface area contributed by atoms with Gasteiger partial charge in [-0.1, -0.05) is 65.2 Å². The third kappa shape index (κ3) is 17.6. The summed E-state index contributed by atoms with van der Waals surface area (Å²) in [4.78, 5) is 24.6. The highest BCUT2D eigenvalue weighted by Crippen LogP contribution is 2.31. The van der Waals surface area contributed by atoms with E-state index in [4.69, 9.17) is 14.0 Å². The molecule has 0 aliphatic carbocycles. The molecule has 2 atom stereocenters. The summed E-state index contributed by atoms with van der Waals surface area (Å²) in [6, 6.07) is 6.81. The van der Waals surface area contributed by atoms with Crippen molar-refractivity contribution in [2.45, 2.75) is 149 Å². The number of ether oxygens (including phenoxy) is 2. The van der Waals surface area contributed by atoms with Gasteiger partial charge in [0.2, 0.25) is 0 Å². The largest absolute Gasteiger partial charge is 0.508 e. The SMILES string of the molecule is CCC[C@@H](CCCCCCCc1cc(O)cc(O)c1C(=O)O[C@@H](CCC)CCCCCCCc1cc(O)cc(OS(=O)(=O)O)c1)OC(C)=O. The number of carbonyl (C=O) groups excluding carboxylic acids is 2. The molecule has 12 heteroatoms. The van der Waals surface area contributed by atoms with Gasteiger partial charge < -0.3 is 29.0 Å². The van der Waals surface area contributed by atoms with Gasteiger partial charge >= 0.3 is 22.3 Å². The van der Waals surface area contributed by atoms with Crippen LogP contribution in [0.1, 0.15) is 145 Å². The lowest BCUT2D eigenvalue weighted by molar-refractivity contribution is -0.147. The Labute approximate surface area is 291 Å². The summed E-state index contributed by atoms with van der Waals surface area (Å²) in [5.74, 6) is -1.51. The van der Waals surface area contributed by atoms with Crippen molar-refractivity contribution in [2.75, 3.05) is 0 Å². The summed E-state index contributed by atoms with van der Waals surface area (Å²) in [6.45, 7) is 5.54. The molecule has 0 saturated heterocycles. The fourth-order valence-corrected chi connectivity index (χ4v) is 6.46. The van der Waals surface area contributed by atoms with Crippen LogP contribution in [-0.4, -0.2) is 52.4 Å². The number of phenolic OH excluding ortho intramolecular Hbond substituents is 3. The van der Waals surface area contributed by atoms with Gasteiger partial charge in [-0.2, -0.15) is 8.42 Å². The monoisotopic (exact) mass is 708 g/mol. The number of phenols is 3. The van der Waals surface area contributed by atoms with E-state index in [0.29, 0.717) is 36.8 Å². The zero-order valence-corrected chi connectivity index (χ0v) is 30.1. The average Bonchev–Trinajstić information content (AvgIpc) is 2.98. The third-order valence-electron chi connectivity index (χ3n) is 8.33. The molecule has 11 nitrogen and oxygen atoms in total. The van der Waals surface area contributed by atoms with E-state index in [2.05, 4.69) is 11.1 Å². The Bertz CT molecular complexity index is 1410. The van der Waals surface area contributed by atoms with E-state index in [9.17, 15) is 33.3 Å². The summed E-state index contributed by atoms with van der Waals surface area (Å²) in [5.41, 5.74) is 1.37. The summed E-state index contributed by atoms with van der Waals surface area (Å²) in [7, 11) is -4.68. The third-order valence-corrected chi connectivity index (χ3v) is 8.74. The van der Waals surface area contributed by atoms with Crippen LogP contribution in [0.2, 0.25) is 0 Å². The first kappa shape index (κ1) is 41.7. The summed E-state index contributed by atoms with van der Waals surface area (Å²) in [5, 5.41) is 30.6. The lowest BCUT2D eigenvalue weighted by Gasteiger charge is -2.19. The topological polar surface area (TPSA) is 177 Å². The van der Waals surface area contributed by atoms with Crippen LogP contribution < -0.4 is 4.18 Å². The van der Waals surface area contributed by atoms with Crippen molar-refractivity contribution in [1.82, 2.24) is 0 Å². The molecule has 0 radical (unpaired) electrons. The Morgan fingerprint density at radius 2 is 1.20 bits per heavy atom. The highest BCUT2D eigenvalue weighted by molar-refractivity contribution is 7.81. The number of aryl methyl sites for hydroxylation is 2. The fourth-order valence-electron chi connectivity index (χ4n) is 6.12. The molecule has 0 aliphatic heterocycles. The van der Waals surface area contributed by atoms with Crippen LogP contribution in [0, 0.1) is 0 Å². The van der Waals surface area contributed by atoms with Gasteiger partial charge in [0.05, 0.1) is 0 Å². The Morgan fingerprint density at radius 1 is 0.673 bits per heavy atom. The predicted octanol–water partition coefficient (Wildman–Crippen LogP) is 8.51. The van der Waals surface area contributed by atoms with Crippen LogP contribution in [-0.2, 0) is 37.5 Å². The van der Waals surface area contributed by atoms with Crippen molar-refractivity contribution in [3.05, 3.63) is 47.0 Å². The quantitative estimate of drug-likeness (QED) is 0.0442. The number of unbranched alkanes of at least 4 members (excludes halogenated alkanes) is 8. The molecule has 49 heavy (non-hydrogen) atoms. The fraction of sp³-hybridized carbons (Fsp3) is 0.622. The van der Waals surface area contributed by atoms with E-state index in [1.165, 1.54) is 31.2 Å². The molecule has 0 bridgehead atoms. The van der Waals surface area contributed by atoms with Crippen molar-refractivity contribution >= 4 is 22.3 Å². The molecule has 0 amide bonds. The van der Waals surface area contributed by atoms with Gasteiger partial charge in [-0.05, 0) is 93.5 Å². The number of hydrogen-bond acceptors (Lipinski definition) is 10. The standard InChI is InChI=1S/C37H56O11S/c1-4-16-32(46-27(3)38)20-14-11-7-9-13-19-29-24-31(40)26-35(41)36(29)37(42)47-33(17-5-2)21-15-10-6-8-12-18-28-22-30(39)25-34(23-28)48-49(43,44)45/h22-26,32-33,39-41H,4-21H2,1-3H3,(H,43,44,45)/t32-,33-/m0/s1. The molecule has 0 saturated carbocycles. The van der Waals surface area contributed by atoms with Crippen LogP contribution >= 0.6 is 0 Å². The molecule has 0 spiro atoms. The van der Waals surface area contributed by atoms with Crippen molar-refractivity contribution in [3.63, 3.8) is 0 Å². The first-order chi connectivity index (χ1) is 23.3. The van der Waals surface area contributed by atoms with Gasteiger partial charge in [-0.3, -0.25) is 9.35 Å². The molecular formula is C37H56O11S. The second-order valence-electron chi connectivity index (χ2n) is 12.8. The number of benzene rings is 2. The minimum absolute atomic E-state index is 0.0264. The highest BCUT2D eigenvalue weighted by atomic mass is 32.3. The molecule has 276 valence electrons. The van der Waals surface area contributed by atoms with Crippen LogP contribution in [0.5, 0.6) is 23.0 Å². The summed E-state index contributed by atoms with van der Waals surface area (Å²) < 4.78 is 46.5. The van der Waals surface area contributed by atoms with Crippen LogP contribution in [0.25, 0.3) is 0 Å². The highest BCUT2D eigenvalue weighted by Gasteiger charge is 2.23. The Kier molecular flexibility index (Phi) is 18.9. The normalized spacial score (nSPS) is 12.7. The number of esters is 2. The molecule has 2 aromatic carbocycles. The number of aromatic hydroxyl groups is 3. The van der Waals surface area contributed by atoms with Gasteiger partial charge in [-0.25, -0.2) is 4.79 Å². The lowest BCUT2D eigenvalue weighted by Crippen LogP contribution is -2.19. The second kappa shape index (κ2) is 22.3. The molecule has 0 unspecified atom stereocenters. The summed E-state index contributed by atoms with van der Waals surface area (Å²) >= 11 is 0. The maximum absolute atomic E-state index is 13.3. The maximum Gasteiger partial charge on any atom is 0.446 e. The molecular weight excluding hydrogens is 652 g/mol. The minimum atomic E-state index is -4.68. The predicted molar refractivity (Wildman–Crippen MR) is 187 cm³/mol.